The van der Waals surface area contributed by atoms with E-state index >= 15 is 0 Å². The normalized spacial score (nSPS) is 20.9. The maximum atomic E-state index is 12.1. The molecule has 0 fully saturated rings. The Morgan fingerprint density at radius 2 is 2.05 bits per heavy atom. The van der Waals surface area contributed by atoms with Gasteiger partial charge in [0.05, 0.1) is 18.8 Å². The number of rotatable bonds is 5. The summed E-state index contributed by atoms with van der Waals surface area (Å²) >= 11 is 0. The highest BCUT2D eigenvalue weighted by atomic mass is 16.5. The van der Waals surface area contributed by atoms with E-state index in [1.807, 2.05) is 12.2 Å². The fourth-order valence-corrected chi connectivity index (χ4v) is 2.19. The SMILES string of the molecule is COC1=CC(OC)C(C=CC(=O)c2cc(O)ccc2O)C=C1. The number of allylic oxidation sites excluding steroid dienone is 2. The van der Waals surface area contributed by atoms with Gasteiger partial charge in [-0.25, -0.2) is 0 Å². The third-order valence-corrected chi connectivity index (χ3v) is 3.41. The van der Waals surface area contributed by atoms with E-state index in [0.717, 1.165) is 0 Å². The number of benzene rings is 1. The third kappa shape index (κ3) is 3.56. The van der Waals surface area contributed by atoms with Crippen molar-refractivity contribution < 1.29 is 24.5 Å². The first-order valence-electron chi connectivity index (χ1n) is 6.76. The number of phenols is 2. The van der Waals surface area contributed by atoms with E-state index in [0.29, 0.717) is 5.76 Å². The van der Waals surface area contributed by atoms with Crippen LogP contribution in [0.15, 0.2) is 54.3 Å². The number of aromatic hydroxyl groups is 2. The summed E-state index contributed by atoms with van der Waals surface area (Å²) in [6.07, 6.45) is 8.33. The van der Waals surface area contributed by atoms with Crippen molar-refractivity contribution in [3.63, 3.8) is 0 Å². The summed E-state index contributed by atoms with van der Waals surface area (Å²) in [5.41, 5.74) is 0.0538. The van der Waals surface area contributed by atoms with Gasteiger partial charge >= 0.3 is 0 Å². The van der Waals surface area contributed by atoms with Crippen LogP contribution in [0.5, 0.6) is 11.5 Å². The lowest BCUT2D eigenvalue weighted by atomic mass is 9.95. The molecular weight excluding hydrogens is 284 g/mol. The maximum Gasteiger partial charge on any atom is 0.189 e. The molecule has 5 nitrogen and oxygen atoms in total. The van der Waals surface area contributed by atoms with E-state index in [4.69, 9.17) is 9.47 Å². The fourth-order valence-electron chi connectivity index (χ4n) is 2.19. The van der Waals surface area contributed by atoms with Crippen LogP contribution in [0, 0.1) is 5.92 Å². The van der Waals surface area contributed by atoms with E-state index in [9.17, 15) is 15.0 Å². The van der Waals surface area contributed by atoms with Crippen LogP contribution in [-0.2, 0) is 9.47 Å². The molecule has 0 saturated carbocycles. The summed E-state index contributed by atoms with van der Waals surface area (Å²) in [4.78, 5) is 12.1. The smallest absolute Gasteiger partial charge is 0.189 e. The van der Waals surface area contributed by atoms with Gasteiger partial charge in [0, 0.05) is 13.0 Å². The standard InChI is InChI=1S/C17H18O5/c1-21-13-6-3-11(17(10-13)22-2)4-7-15(19)14-9-12(18)5-8-16(14)20/h3-11,17-18,20H,1-2H3. The van der Waals surface area contributed by atoms with Gasteiger partial charge < -0.3 is 19.7 Å². The molecule has 0 radical (unpaired) electrons. The number of carbonyl (C=O) groups is 1. The van der Waals surface area contributed by atoms with Crippen molar-refractivity contribution in [2.45, 2.75) is 6.10 Å². The first kappa shape index (κ1) is 15.9. The Labute approximate surface area is 128 Å². The Morgan fingerprint density at radius 3 is 2.73 bits per heavy atom. The van der Waals surface area contributed by atoms with Crippen molar-refractivity contribution in [2.75, 3.05) is 14.2 Å². The molecule has 5 heteroatoms. The first-order chi connectivity index (χ1) is 10.5. The van der Waals surface area contributed by atoms with Gasteiger partial charge in [-0.05, 0) is 36.4 Å². The minimum atomic E-state index is -0.391. The molecule has 1 aromatic carbocycles. The van der Waals surface area contributed by atoms with E-state index in [2.05, 4.69) is 0 Å². The van der Waals surface area contributed by atoms with Crippen LogP contribution in [0.1, 0.15) is 10.4 Å². The van der Waals surface area contributed by atoms with Gasteiger partial charge in [0.15, 0.2) is 5.78 Å². The largest absolute Gasteiger partial charge is 0.508 e. The minimum Gasteiger partial charge on any atom is -0.508 e. The van der Waals surface area contributed by atoms with Crippen LogP contribution < -0.4 is 0 Å². The van der Waals surface area contributed by atoms with Crippen LogP contribution in [-0.4, -0.2) is 36.3 Å². The highest BCUT2D eigenvalue weighted by Crippen LogP contribution is 2.24. The van der Waals surface area contributed by atoms with Gasteiger partial charge in [-0.3, -0.25) is 4.79 Å². The van der Waals surface area contributed by atoms with Gasteiger partial charge in [-0.2, -0.15) is 0 Å². The van der Waals surface area contributed by atoms with Crippen LogP contribution in [0.2, 0.25) is 0 Å². The Morgan fingerprint density at radius 1 is 1.27 bits per heavy atom. The van der Waals surface area contributed by atoms with Crippen molar-refractivity contribution in [2.24, 2.45) is 5.92 Å². The molecule has 116 valence electrons. The zero-order chi connectivity index (χ0) is 16.1. The zero-order valence-electron chi connectivity index (χ0n) is 12.4. The Kier molecular flexibility index (Phi) is 5.01. The molecule has 2 rings (SSSR count). The van der Waals surface area contributed by atoms with Crippen LogP contribution >= 0.6 is 0 Å². The van der Waals surface area contributed by atoms with Crippen molar-refractivity contribution in [1.29, 1.82) is 0 Å². The van der Waals surface area contributed by atoms with Crippen molar-refractivity contribution in [1.82, 2.24) is 0 Å². The van der Waals surface area contributed by atoms with Crippen molar-refractivity contribution in [3.05, 3.63) is 59.9 Å². The van der Waals surface area contributed by atoms with Crippen LogP contribution in [0.3, 0.4) is 0 Å². The minimum absolute atomic E-state index is 0.0538. The molecule has 2 N–H and O–H groups in total. The molecule has 0 saturated heterocycles. The summed E-state index contributed by atoms with van der Waals surface area (Å²) in [5, 5.41) is 19.1. The molecule has 0 amide bonds. The zero-order valence-corrected chi connectivity index (χ0v) is 12.4. The van der Waals surface area contributed by atoms with Gasteiger partial charge in [-0.15, -0.1) is 0 Å². The summed E-state index contributed by atoms with van der Waals surface area (Å²) in [5.74, 6) is -0.0510. The van der Waals surface area contributed by atoms with Gasteiger partial charge in [0.1, 0.15) is 17.3 Å². The number of hydrogen-bond donors (Lipinski definition) is 2. The van der Waals surface area contributed by atoms with Crippen LogP contribution in [0.25, 0.3) is 0 Å². The quantitative estimate of drug-likeness (QED) is 0.496. The molecule has 1 aromatic rings. The lowest BCUT2D eigenvalue weighted by molar-refractivity contribution is 0.103. The number of methoxy groups -OCH3 is 2. The molecule has 1 aliphatic carbocycles. The van der Waals surface area contributed by atoms with E-state index in [1.54, 1.807) is 26.4 Å². The molecule has 0 bridgehead atoms. The lowest BCUT2D eigenvalue weighted by Gasteiger charge is -2.21. The molecule has 1 aliphatic rings. The van der Waals surface area contributed by atoms with Crippen molar-refractivity contribution >= 4 is 5.78 Å². The summed E-state index contributed by atoms with van der Waals surface area (Å²) in [6, 6.07) is 3.83. The summed E-state index contributed by atoms with van der Waals surface area (Å²) in [6.45, 7) is 0. The third-order valence-electron chi connectivity index (χ3n) is 3.41. The molecular formula is C17H18O5. The molecule has 0 aliphatic heterocycles. The fraction of sp³-hybridized carbons (Fsp3) is 0.235. The maximum absolute atomic E-state index is 12.1. The topological polar surface area (TPSA) is 76.0 Å². The number of ketones is 1. The second-order valence-electron chi connectivity index (χ2n) is 4.83. The predicted octanol–water partition coefficient (Wildman–Crippen LogP) is 2.57. The first-order valence-corrected chi connectivity index (χ1v) is 6.76. The van der Waals surface area contributed by atoms with E-state index in [-0.39, 0.29) is 29.1 Å². The molecule has 0 heterocycles. The average molecular weight is 302 g/mol. The monoisotopic (exact) mass is 302 g/mol. The predicted molar refractivity (Wildman–Crippen MR) is 81.8 cm³/mol. The number of phenolic OH excluding ortho intramolecular Hbond substituents is 2. The highest BCUT2D eigenvalue weighted by Gasteiger charge is 2.19. The second-order valence-corrected chi connectivity index (χ2v) is 4.83. The van der Waals surface area contributed by atoms with Crippen molar-refractivity contribution in [3.8, 4) is 11.5 Å². The second kappa shape index (κ2) is 6.95. The summed E-state index contributed by atoms with van der Waals surface area (Å²) in [7, 11) is 3.16. The number of ether oxygens (including phenoxy) is 2. The highest BCUT2D eigenvalue weighted by molar-refractivity contribution is 6.06. The molecule has 0 spiro atoms. The van der Waals surface area contributed by atoms with Gasteiger partial charge in [0.25, 0.3) is 0 Å². The van der Waals surface area contributed by atoms with E-state index < -0.39 is 5.78 Å². The lowest BCUT2D eigenvalue weighted by Crippen LogP contribution is -2.20. The Hall–Kier alpha value is -2.53. The van der Waals surface area contributed by atoms with Crippen LogP contribution in [0.4, 0.5) is 0 Å². The molecule has 2 atom stereocenters. The Bertz CT molecular complexity index is 642. The molecule has 0 aromatic heterocycles. The van der Waals surface area contributed by atoms with Gasteiger partial charge in [-0.1, -0.05) is 12.2 Å². The average Bonchev–Trinajstić information content (AvgIpc) is 2.54. The summed E-state index contributed by atoms with van der Waals surface area (Å²) < 4.78 is 10.5. The number of carbonyl (C=O) groups excluding carboxylic acids is 1. The van der Waals surface area contributed by atoms with Gasteiger partial charge in [0.2, 0.25) is 0 Å². The number of hydrogen-bond acceptors (Lipinski definition) is 5. The molecule has 22 heavy (non-hydrogen) atoms. The Balaban J connectivity index is 2.14. The van der Waals surface area contributed by atoms with E-state index in [1.165, 1.54) is 24.3 Å². The molecule has 2 unspecified atom stereocenters.